The lowest BCUT2D eigenvalue weighted by molar-refractivity contribution is 0.0301. The van der Waals surface area contributed by atoms with Gasteiger partial charge in [0, 0.05) is 43.7 Å². The first kappa shape index (κ1) is 19.2. The van der Waals surface area contributed by atoms with Crippen LogP contribution in [0.4, 0.5) is 0 Å². The molecule has 156 valence electrons. The number of pyridine rings is 1. The van der Waals surface area contributed by atoms with Crippen LogP contribution in [-0.4, -0.2) is 70.3 Å². The number of piperidine rings is 1. The van der Waals surface area contributed by atoms with Gasteiger partial charge in [-0.3, -0.25) is 19.8 Å². The summed E-state index contributed by atoms with van der Waals surface area (Å²) in [7, 11) is 0. The number of hydrogen-bond acceptors (Lipinski definition) is 5. The number of aromatic nitrogens is 3. The molecule has 30 heavy (non-hydrogen) atoms. The Morgan fingerprint density at radius 2 is 2.03 bits per heavy atom. The van der Waals surface area contributed by atoms with Crippen molar-refractivity contribution in [2.75, 3.05) is 39.4 Å². The number of H-pyrrole nitrogens is 1. The highest BCUT2D eigenvalue weighted by atomic mass is 16.5. The Labute approximate surface area is 176 Å². The van der Waals surface area contributed by atoms with Crippen molar-refractivity contribution < 1.29 is 9.53 Å². The highest BCUT2D eigenvalue weighted by Crippen LogP contribution is 2.30. The van der Waals surface area contributed by atoms with Crippen LogP contribution in [0.5, 0.6) is 0 Å². The number of benzene rings is 1. The average molecular weight is 406 g/mol. The van der Waals surface area contributed by atoms with E-state index in [1.807, 2.05) is 17.2 Å². The third kappa shape index (κ3) is 3.82. The number of nitrogens with zero attached hydrogens (tertiary/aromatic N) is 4. The number of carbonyl (C=O) groups excluding carboxylic acids is 1. The molecule has 2 aliphatic heterocycles. The molecule has 2 aromatic heterocycles. The van der Waals surface area contributed by atoms with Crippen molar-refractivity contribution in [3.8, 4) is 0 Å². The molecular formula is C23H27N5O2. The Kier molecular flexibility index (Phi) is 5.46. The van der Waals surface area contributed by atoms with Crippen LogP contribution in [0.25, 0.3) is 10.9 Å². The predicted molar refractivity (Wildman–Crippen MR) is 114 cm³/mol. The van der Waals surface area contributed by atoms with Crippen LogP contribution in [0.15, 0.2) is 42.7 Å². The van der Waals surface area contributed by atoms with Gasteiger partial charge in [-0.2, -0.15) is 5.10 Å². The molecule has 2 saturated heterocycles. The third-order valence-electron chi connectivity index (χ3n) is 6.24. The number of likely N-dealkylation sites (tertiary alicyclic amines) is 1. The normalized spacial score (nSPS) is 20.5. The van der Waals surface area contributed by atoms with E-state index in [2.05, 4.69) is 44.3 Å². The second-order valence-corrected chi connectivity index (χ2v) is 8.16. The number of aromatic amines is 1. The Balaban J connectivity index is 1.33. The summed E-state index contributed by atoms with van der Waals surface area (Å²) in [5.41, 5.74) is 4.04. The Bertz CT molecular complexity index is 1020. The van der Waals surface area contributed by atoms with Crippen LogP contribution in [0.2, 0.25) is 0 Å². The Morgan fingerprint density at radius 1 is 1.17 bits per heavy atom. The van der Waals surface area contributed by atoms with Gasteiger partial charge in [0.2, 0.25) is 0 Å². The summed E-state index contributed by atoms with van der Waals surface area (Å²) in [4.78, 5) is 21.9. The zero-order valence-electron chi connectivity index (χ0n) is 17.1. The molecule has 0 radical (unpaired) electrons. The molecular weight excluding hydrogens is 378 g/mol. The van der Waals surface area contributed by atoms with E-state index in [0.29, 0.717) is 26.3 Å². The summed E-state index contributed by atoms with van der Waals surface area (Å²) in [6, 6.07) is 10.4. The highest BCUT2D eigenvalue weighted by molar-refractivity contribution is 5.95. The molecule has 0 aliphatic carbocycles. The molecule has 7 heteroatoms. The van der Waals surface area contributed by atoms with Crippen molar-refractivity contribution >= 4 is 16.8 Å². The first-order valence-electron chi connectivity index (χ1n) is 10.7. The molecule has 7 nitrogen and oxygen atoms in total. The summed E-state index contributed by atoms with van der Waals surface area (Å²) >= 11 is 0. The summed E-state index contributed by atoms with van der Waals surface area (Å²) in [5, 5.41) is 8.59. The van der Waals surface area contributed by atoms with E-state index in [1.54, 1.807) is 6.20 Å². The molecule has 4 heterocycles. The van der Waals surface area contributed by atoms with Gasteiger partial charge in [0.25, 0.3) is 5.91 Å². The zero-order valence-corrected chi connectivity index (χ0v) is 17.1. The van der Waals surface area contributed by atoms with Gasteiger partial charge in [0.1, 0.15) is 0 Å². The van der Waals surface area contributed by atoms with Gasteiger partial charge < -0.3 is 9.64 Å². The molecule has 0 unspecified atom stereocenters. The van der Waals surface area contributed by atoms with E-state index in [4.69, 9.17) is 4.74 Å². The number of carbonyl (C=O) groups is 1. The summed E-state index contributed by atoms with van der Waals surface area (Å²) in [5.74, 6) is 0.355. The summed E-state index contributed by atoms with van der Waals surface area (Å²) in [6.45, 7) is 5.38. The fourth-order valence-corrected chi connectivity index (χ4v) is 4.68. The number of rotatable bonds is 4. The van der Waals surface area contributed by atoms with Gasteiger partial charge in [-0.25, -0.2) is 0 Å². The Morgan fingerprint density at radius 3 is 2.93 bits per heavy atom. The topological polar surface area (TPSA) is 74.4 Å². The lowest BCUT2D eigenvalue weighted by Crippen LogP contribution is -2.41. The fraction of sp³-hybridized carbons (Fsp3) is 0.435. The maximum atomic E-state index is 13.0. The molecule has 2 aliphatic rings. The molecule has 3 aromatic rings. The number of amides is 1. The smallest absolute Gasteiger partial charge is 0.257 e. The van der Waals surface area contributed by atoms with Gasteiger partial charge in [0.05, 0.1) is 36.2 Å². The van der Waals surface area contributed by atoms with E-state index < -0.39 is 0 Å². The minimum absolute atomic E-state index is 0.0688. The second kappa shape index (κ2) is 8.53. The third-order valence-corrected chi connectivity index (χ3v) is 6.24. The second-order valence-electron chi connectivity index (χ2n) is 8.16. The molecule has 1 atom stereocenters. The van der Waals surface area contributed by atoms with Crippen LogP contribution in [0.3, 0.4) is 0 Å². The zero-order chi connectivity index (χ0) is 20.3. The highest BCUT2D eigenvalue weighted by Gasteiger charge is 2.29. The van der Waals surface area contributed by atoms with Crippen LogP contribution < -0.4 is 0 Å². The van der Waals surface area contributed by atoms with Crippen LogP contribution in [-0.2, 0) is 11.3 Å². The van der Waals surface area contributed by atoms with Crippen LogP contribution >= 0.6 is 0 Å². The van der Waals surface area contributed by atoms with Gasteiger partial charge in [-0.1, -0.05) is 18.2 Å². The van der Waals surface area contributed by atoms with Crippen LogP contribution in [0.1, 0.15) is 40.4 Å². The predicted octanol–water partition coefficient (Wildman–Crippen LogP) is 2.81. The summed E-state index contributed by atoms with van der Waals surface area (Å²) < 4.78 is 5.39. The van der Waals surface area contributed by atoms with Crippen molar-refractivity contribution in [3.63, 3.8) is 0 Å². The molecule has 1 amide bonds. The average Bonchev–Trinajstić information content (AvgIpc) is 3.30. The minimum atomic E-state index is 0.0688. The number of hydrogen-bond donors (Lipinski definition) is 1. The maximum absolute atomic E-state index is 13.0. The van der Waals surface area contributed by atoms with Gasteiger partial charge in [-0.05, 0) is 37.1 Å². The number of para-hydroxylation sites is 1. The largest absolute Gasteiger partial charge is 0.378 e. The fourth-order valence-electron chi connectivity index (χ4n) is 4.68. The first-order chi connectivity index (χ1) is 14.8. The van der Waals surface area contributed by atoms with E-state index in [0.717, 1.165) is 49.2 Å². The van der Waals surface area contributed by atoms with Gasteiger partial charge in [-0.15, -0.1) is 0 Å². The van der Waals surface area contributed by atoms with Crippen molar-refractivity contribution in [2.24, 2.45) is 0 Å². The van der Waals surface area contributed by atoms with Crippen molar-refractivity contribution in [1.29, 1.82) is 0 Å². The molecule has 0 bridgehead atoms. The quantitative estimate of drug-likeness (QED) is 0.723. The lowest BCUT2D eigenvalue weighted by Gasteiger charge is -2.33. The SMILES string of the molecule is O=C(c1cn[nH]c1[C@H]1CCCN(Cc2ccnc3ccccc23)C1)N1CCOCC1. The van der Waals surface area contributed by atoms with Gasteiger partial charge >= 0.3 is 0 Å². The molecule has 0 spiro atoms. The standard InChI is InChI=1S/C23H27N5O2/c29-23(28-10-12-30-13-11-28)20-14-25-26-22(20)18-4-3-9-27(16-18)15-17-7-8-24-21-6-2-1-5-19(17)21/h1-2,5-8,14,18H,3-4,9-13,15-16H2,(H,25,26)/t18-/m0/s1. The van der Waals surface area contributed by atoms with E-state index in [1.165, 1.54) is 10.9 Å². The van der Waals surface area contributed by atoms with E-state index in [9.17, 15) is 4.79 Å². The minimum Gasteiger partial charge on any atom is -0.378 e. The van der Waals surface area contributed by atoms with E-state index in [-0.39, 0.29) is 11.8 Å². The molecule has 0 saturated carbocycles. The van der Waals surface area contributed by atoms with Crippen LogP contribution in [0, 0.1) is 0 Å². The van der Waals surface area contributed by atoms with Crippen molar-refractivity contribution in [1.82, 2.24) is 25.0 Å². The van der Waals surface area contributed by atoms with Crippen molar-refractivity contribution in [2.45, 2.75) is 25.3 Å². The summed E-state index contributed by atoms with van der Waals surface area (Å²) in [6.07, 6.45) is 5.77. The monoisotopic (exact) mass is 405 g/mol. The number of fused-ring (bicyclic) bond motifs is 1. The molecule has 5 rings (SSSR count). The number of nitrogens with one attached hydrogen (secondary N) is 1. The first-order valence-corrected chi connectivity index (χ1v) is 10.7. The van der Waals surface area contributed by atoms with E-state index >= 15 is 0 Å². The van der Waals surface area contributed by atoms with Crippen molar-refractivity contribution in [3.05, 3.63) is 59.5 Å². The molecule has 1 aromatic carbocycles. The molecule has 1 N–H and O–H groups in total. The number of morpholine rings is 1. The number of ether oxygens (including phenoxy) is 1. The molecule has 2 fully saturated rings. The Hall–Kier alpha value is -2.77. The maximum Gasteiger partial charge on any atom is 0.257 e. The lowest BCUT2D eigenvalue weighted by atomic mass is 9.91. The van der Waals surface area contributed by atoms with Gasteiger partial charge in [0.15, 0.2) is 0 Å².